The summed E-state index contributed by atoms with van der Waals surface area (Å²) < 4.78 is 5.73. The topological polar surface area (TPSA) is 45.3 Å². The van der Waals surface area contributed by atoms with Gasteiger partial charge in [0.1, 0.15) is 0 Å². The minimum Gasteiger partial charge on any atom is -0.373 e. The van der Waals surface area contributed by atoms with Crippen LogP contribution in [0.5, 0.6) is 0 Å². The molecule has 118 valence electrons. The molecule has 2 heterocycles. The van der Waals surface area contributed by atoms with Crippen molar-refractivity contribution in [1.82, 2.24) is 9.88 Å². The third-order valence-electron chi connectivity index (χ3n) is 4.35. The van der Waals surface area contributed by atoms with Crippen LogP contribution in [0.2, 0.25) is 0 Å². The van der Waals surface area contributed by atoms with Gasteiger partial charge >= 0.3 is 0 Å². The smallest absolute Gasteiger partial charge is 0.178 e. The normalized spacial score (nSPS) is 23.0. The molecule has 4 heteroatoms. The van der Waals surface area contributed by atoms with Gasteiger partial charge in [-0.1, -0.05) is 25.1 Å². The van der Waals surface area contributed by atoms with Crippen molar-refractivity contribution in [3.63, 3.8) is 0 Å². The maximum Gasteiger partial charge on any atom is 0.178 e. The molecule has 0 aliphatic carbocycles. The first-order chi connectivity index (χ1) is 10.6. The zero-order valence-corrected chi connectivity index (χ0v) is 13.6. The molecule has 1 aromatic heterocycles. The quantitative estimate of drug-likeness (QED) is 0.883. The van der Waals surface area contributed by atoms with E-state index >= 15 is 0 Å². The molecule has 4 nitrogen and oxygen atoms in total. The zero-order valence-electron chi connectivity index (χ0n) is 13.6. The van der Waals surface area contributed by atoms with Crippen molar-refractivity contribution in [1.29, 1.82) is 0 Å². The first-order valence-electron chi connectivity index (χ1n) is 8.08. The summed E-state index contributed by atoms with van der Waals surface area (Å²) in [5.41, 5.74) is 3.15. The summed E-state index contributed by atoms with van der Waals surface area (Å²) in [7, 11) is 0. The van der Waals surface area contributed by atoms with Gasteiger partial charge in [0, 0.05) is 35.8 Å². The van der Waals surface area contributed by atoms with Gasteiger partial charge in [0.15, 0.2) is 5.78 Å². The van der Waals surface area contributed by atoms with Crippen LogP contribution in [0.1, 0.15) is 36.7 Å². The molecule has 1 aliphatic heterocycles. The van der Waals surface area contributed by atoms with E-state index in [1.807, 2.05) is 18.3 Å². The highest BCUT2D eigenvalue weighted by Gasteiger charge is 2.25. The van der Waals surface area contributed by atoms with Gasteiger partial charge in [0.2, 0.25) is 0 Å². The summed E-state index contributed by atoms with van der Waals surface area (Å²) in [6.07, 6.45) is 3.20. The fraction of sp³-hybridized carbons (Fsp3) is 0.500. The van der Waals surface area contributed by atoms with Gasteiger partial charge in [-0.2, -0.15) is 0 Å². The number of ketones is 1. The van der Waals surface area contributed by atoms with Crippen molar-refractivity contribution in [3.05, 3.63) is 35.5 Å². The molecule has 3 rings (SSSR count). The van der Waals surface area contributed by atoms with Crippen molar-refractivity contribution < 1.29 is 9.53 Å². The molecule has 1 N–H and O–H groups in total. The number of nitrogens with one attached hydrogen (secondary N) is 1. The Bertz CT molecular complexity index is 667. The average Bonchev–Trinajstić information content (AvgIpc) is 2.90. The predicted octanol–water partition coefficient (Wildman–Crippen LogP) is 3.02. The fourth-order valence-corrected chi connectivity index (χ4v) is 3.44. The van der Waals surface area contributed by atoms with Crippen LogP contribution in [-0.2, 0) is 11.2 Å². The van der Waals surface area contributed by atoms with Crippen LogP contribution in [-0.4, -0.2) is 47.5 Å². The maximum atomic E-state index is 12.7. The van der Waals surface area contributed by atoms with Crippen molar-refractivity contribution in [3.8, 4) is 0 Å². The zero-order chi connectivity index (χ0) is 15.7. The van der Waals surface area contributed by atoms with Gasteiger partial charge in [-0.25, -0.2) is 0 Å². The van der Waals surface area contributed by atoms with E-state index in [-0.39, 0.29) is 18.0 Å². The number of aromatic nitrogens is 1. The Hall–Kier alpha value is -1.65. The Balaban J connectivity index is 1.81. The van der Waals surface area contributed by atoms with E-state index in [1.165, 1.54) is 5.56 Å². The van der Waals surface area contributed by atoms with Crippen LogP contribution in [0, 0.1) is 0 Å². The van der Waals surface area contributed by atoms with Gasteiger partial charge < -0.3 is 9.72 Å². The number of aromatic amines is 1. The highest BCUT2D eigenvalue weighted by Crippen LogP contribution is 2.23. The van der Waals surface area contributed by atoms with Crippen LogP contribution in [0.3, 0.4) is 0 Å². The molecule has 1 aliphatic rings. The summed E-state index contributed by atoms with van der Waals surface area (Å²) in [6, 6.07) is 6.17. The number of benzene rings is 1. The standard InChI is InChI=1S/C18H24N2O2/c1-4-14-6-5-7-15-16(8-19-18(14)15)17(21)11-20-9-12(2)22-13(3)10-20/h5-8,12-13,19H,4,9-11H2,1-3H3/t12-,13-/m0/s1. The van der Waals surface area contributed by atoms with Gasteiger partial charge in [0.25, 0.3) is 0 Å². The number of Topliss-reactive ketones (excluding diaryl/α,β-unsaturated/α-hetero) is 1. The highest BCUT2D eigenvalue weighted by atomic mass is 16.5. The number of aryl methyl sites for hydroxylation is 1. The number of nitrogens with zero attached hydrogens (tertiary/aromatic N) is 1. The maximum absolute atomic E-state index is 12.7. The lowest BCUT2D eigenvalue weighted by Gasteiger charge is -2.34. The fourth-order valence-electron chi connectivity index (χ4n) is 3.44. The Morgan fingerprint density at radius 1 is 1.32 bits per heavy atom. The van der Waals surface area contributed by atoms with Gasteiger partial charge in [-0.3, -0.25) is 9.69 Å². The first kappa shape index (κ1) is 15.3. The molecule has 0 bridgehead atoms. The summed E-state index contributed by atoms with van der Waals surface area (Å²) in [6.45, 7) is 8.35. The van der Waals surface area contributed by atoms with Crippen LogP contribution < -0.4 is 0 Å². The van der Waals surface area contributed by atoms with Gasteiger partial charge in [-0.05, 0) is 25.8 Å². The van der Waals surface area contributed by atoms with Crippen molar-refractivity contribution in [2.45, 2.75) is 39.4 Å². The molecule has 0 spiro atoms. The lowest BCUT2D eigenvalue weighted by Crippen LogP contribution is -2.47. The Morgan fingerprint density at radius 2 is 2.05 bits per heavy atom. The second-order valence-corrected chi connectivity index (χ2v) is 6.27. The number of morpholine rings is 1. The molecule has 1 saturated heterocycles. The number of fused-ring (bicyclic) bond motifs is 1. The summed E-state index contributed by atoms with van der Waals surface area (Å²) in [5.74, 6) is 0.181. The molecule has 0 amide bonds. The SMILES string of the molecule is CCc1cccc2c(C(=O)CN3C[C@H](C)O[C@@H](C)C3)c[nH]c12. The highest BCUT2D eigenvalue weighted by molar-refractivity contribution is 6.09. The van der Waals surface area contributed by atoms with E-state index in [0.29, 0.717) is 6.54 Å². The van der Waals surface area contributed by atoms with Crippen molar-refractivity contribution in [2.75, 3.05) is 19.6 Å². The largest absolute Gasteiger partial charge is 0.373 e. The second kappa shape index (κ2) is 6.23. The molecule has 2 atom stereocenters. The number of carbonyl (C=O) groups is 1. The van der Waals surface area contributed by atoms with Crippen molar-refractivity contribution in [2.24, 2.45) is 0 Å². The third kappa shape index (κ3) is 2.94. The lowest BCUT2D eigenvalue weighted by atomic mass is 10.0. The minimum absolute atomic E-state index is 0.181. The van der Waals surface area contributed by atoms with Crippen molar-refractivity contribution >= 4 is 16.7 Å². The third-order valence-corrected chi connectivity index (χ3v) is 4.35. The molecule has 0 unspecified atom stereocenters. The molecule has 1 fully saturated rings. The first-order valence-corrected chi connectivity index (χ1v) is 8.08. The molecular formula is C18H24N2O2. The van der Waals surface area contributed by atoms with E-state index in [9.17, 15) is 4.79 Å². The lowest BCUT2D eigenvalue weighted by molar-refractivity contribution is -0.0652. The van der Waals surface area contributed by atoms with E-state index in [2.05, 4.69) is 36.7 Å². The monoisotopic (exact) mass is 300 g/mol. The van der Waals surface area contributed by atoms with Crippen LogP contribution >= 0.6 is 0 Å². The Kier molecular flexibility index (Phi) is 4.32. The van der Waals surface area contributed by atoms with E-state index in [1.54, 1.807) is 0 Å². The molecule has 0 radical (unpaired) electrons. The summed E-state index contributed by atoms with van der Waals surface area (Å²) >= 11 is 0. The number of carbonyl (C=O) groups excluding carboxylic acids is 1. The van der Waals surface area contributed by atoms with Crippen LogP contribution in [0.15, 0.2) is 24.4 Å². The molecule has 2 aromatic rings. The number of para-hydroxylation sites is 1. The van der Waals surface area contributed by atoms with E-state index in [4.69, 9.17) is 4.74 Å². The number of hydrogen-bond acceptors (Lipinski definition) is 3. The number of rotatable bonds is 4. The second-order valence-electron chi connectivity index (χ2n) is 6.27. The molecular weight excluding hydrogens is 276 g/mol. The van der Waals surface area contributed by atoms with Gasteiger partial charge in [0.05, 0.1) is 18.8 Å². The van der Waals surface area contributed by atoms with E-state index < -0.39 is 0 Å². The van der Waals surface area contributed by atoms with Gasteiger partial charge in [-0.15, -0.1) is 0 Å². The minimum atomic E-state index is 0.181. The van der Waals surface area contributed by atoms with Crippen LogP contribution in [0.4, 0.5) is 0 Å². The predicted molar refractivity (Wildman–Crippen MR) is 88.5 cm³/mol. The molecule has 22 heavy (non-hydrogen) atoms. The Labute approximate surface area is 131 Å². The number of ether oxygens (including phenoxy) is 1. The molecule has 0 saturated carbocycles. The number of hydrogen-bond donors (Lipinski definition) is 1. The number of H-pyrrole nitrogens is 1. The average molecular weight is 300 g/mol. The van der Waals surface area contributed by atoms with E-state index in [0.717, 1.165) is 36.0 Å². The Morgan fingerprint density at radius 3 is 2.73 bits per heavy atom. The summed E-state index contributed by atoms with van der Waals surface area (Å²) in [5, 5.41) is 1.04. The van der Waals surface area contributed by atoms with Crippen LogP contribution in [0.25, 0.3) is 10.9 Å². The molecule has 1 aromatic carbocycles. The summed E-state index contributed by atoms with van der Waals surface area (Å²) in [4.78, 5) is 18.2.